The van der Waals surface area contributed by atoms with Crippen LogP contribution in [0.15, 0.2) is 36.5 Å². The summed E-state index contributed by atoms with van der Waals surface area (Å²) in [5.41, 5.74) is 7.58. The second-order valence-corrected chi connectivity index (χ2v) is 5.24. The van der Waals surface area contributed by atoms with Gasteiger partial charge in [0.1, 0.15) is 5.82 Å². The van der Waals surface area contributed by atoms with Crippen molar-refractivity contribution in [3.8, 4) is 22.0 Å². The molecule has 4 nitrogen and oxygen atoms in total. The Morgan fingerprint density at radius 2 is 1.95 bits per heavy atom. The lowest BCUT2D eigenvalue weighted by molar-refractivity contribution is 0.630. The van der Waals surface area contributed by atoms with Crippen LogP contribution in [0.5, 0.6) is 0 Å². The average molecular weight is 286 g/mol. The van der Waals surface area contributed by atoms with Crippen LogP contribution < -0.4 is 5.73 Å². The van der Waals surface area contributed by atoms with Crippen molar-refractivity contribution in [3.05, 3.63) is 48.0 Å². The molecule has 3 aromatic rings. The first kappa shape index (κ1) is 12.7. The first-order valence-electron chi connectivity index (χ1n) is 5.96. The Bertz CT molecular complexity index is 769. The Morgan fingerprint density at radius 3 is 2.65 bits per heavy atom. The molecule has 6 heteroatoms. The van der Waals surface area contributed by atoms with E-state index in [2.05, 4.69) is 15.0 Å². The fourth-order valence-corrected chi connectivity index (χ4v) is 2.72. The molecule has 0 aliphatic rings. The van der Waals surface area contributed by atoms with E-state index >= 15 is 0 Å². The first-order valence-corrected chi connectivity index (χ1v) is 6.78. The van der Waals surface area contributed by atoms with E-state index in [4.69, 9.17) is 5.73 Å². The molecule has 0 saturated heterocycles. The van der Waals surface area contributed by atoms with Crippen molar-refractivity contribution in [2.75, 3.05) is 5.73 Å². The van der Waals surface area contributed by atoms with Crippen LogP contribution in [0.1, 0.15) is 5.69 Å². The molecular weight excluding hydrogens is 275 g/mol. The molecule has 20 heavy (non-hydrogen) atoms. The molecule has 0 saturated carbocycles. The highest BCUT2D eigenvalue weighted by Gasteiger charge is 2.12. The molecule has 2 heterocycles. The largest absolute Gasteiger partial charge is 0.375 e. The third-order valence-electron chi connectivity index (χ3n) is 2.82. The van der Waals surface area contributed by atoms with Crippen molar-refractivity contribution in [1.82, 2.24) is 15.0 Å². The fraction of sp³-hybridized carbons (Fsp3) is 0.0714. The summed E-state index contributed by atoms with van der Waals surface area (Å²) in [6, 6.07) is 8.20. The fourth-order valence-electron chi connectivity index (χ4n) is 1.91. The molecule has 0 spiro atoms. The van der Waals surface area contributed by atoms with Crippen LogP contribution in [0.25, 0.3) is 22.0 Å². The number of hydrogen-bond acceptors (Lipinski definition) is 5. The van der Waals surface area contributed by atoms with Gasteiger partial charge in [-0.3, -0.25) is 0 Å². The zero-order valence-corrected chi connectivity index (χ0v) is 11.5. The van der Waals surface area contributed by atoms with Gasteiger partial charge in [-0.05, 0) is 25.1 Å². The van der Waals surface area contributed by atoms with Crippen molar-refractivity contribution in [2.24, 2.45) is 0 Å². The van der Waals surface area contributed by atoms with Gasteiger partial charge >= 0.3 is 0 Å². The van der Waals surface area contributed by atoms with E-state index < -0.39 is 0 Å². The van der Waals surface area contributed by atoms with Gasteiger partial charge < -0.3 is 5.73 Å². The summed E-state index contributed by atoms with van der Waals surface area (Å²) in [5, 5.41) is 0.489. The molecule has 2 aromatic heterocycles. The normalized spacial score (nSPS) is 10.7. The van der Waals surface area contributed by atoms with Crippen LogP contribution in [0.2, 0.25) is 0 Å². The highest BCUT2D eigenvalue weighted by Crippen LogP contribution is 2.30. The Labute approximate surface area is 119 Å². The van der Waals surface area contributed by atoms with Gasteiger partial charge in [-0.1, -0.05) is 23.5 Å². The lowest BCUT2D eigenvalue weighted by atomic mass is 10.2. The van der Waals surface area contributed by atoms with Crippen molar-refractivity contribution >= 4 is 16.5 Å². The number of rotatable bonds is 2. The summed E-state index contributed by atoms with van der Waals surface area (Å²) >= 11 is 1.36. The lowest BCUT2D eigenvalue weighted by Crippen LogP contribution is -1.93. The van der Waals surface area contributed by atoms with Crippen LogP contribution in [-0.4, -0.2) is 15.0 Å². The second-order valence-electron chi connectivity index (χ2n) is 4.21. The summed E-state index contributed by atoms with van der Waals surface area (Å²) in [5.74, 6) is 0.0113. The van der Waals surface area contributed by atoms with Crippen LogP contribution >= 0.6 is 11.3 Å². The number of nitrogen functional groups attached to an aromatic ring is 1. The van der Waals surface area contributed by atoms with E-state index in [0.717, 1.165) is 10.6 Å². The lowest BCUT2D eigenvalue weighted by Gasteiger charge is -2.03. The zero-order valence-electron chi connectivity index (χ0n) is 10.7. The van der Waals surface area contributed by atoms with E-state index in [1.807, 2.05) is 6.92 Å². The predicted octanol–water partition coefficient (Wildman–Crippen LogP) is 3.30. The van der Waals surface area contributed by atoms with Crippen molar-refractivity contribution in [2.45, 2.75) is 6.92 Å². The summed E-state index contributed by atoms with van der Waals surface area (Å²) < 4.78 is 13.8. The van der Waals surface area contributed by atoms with E-state index in [1.165, 1.54) is 17.4 Å². The number of aromatic nitrogens is 3. The molecular formula is C14H11FN4S. The molecule has 0 radical (unpaired) electrons. The van der Waals surface area contributed by atoms with Crippen LogP contribution in [-0.2, 0) is 0 Å². The molecule has 0 bridgehead atoms. The van der Waals surface area contributed by atoms with Gasteiger partial charge in [-0.15, -0.1) is 0 Å². The van der Waals surface area contributed by atoms with Crippen molar-refractivity contribution in [1.29, 1.82) is 0 Å². The molecule has 0 amide bonds. The van der Waals surface area contributed by atoms with Gasteiger partial charge in [-0.2, -0.15) is 0 Å². The molecule has 2 N–H and O–H groups in total. The topological polar surface area (TPSA) is 64.7 Å². The highest BCUT2D eigenvalue weighted by atomic mass is 32.1. The number of nitrogens with two attached hydrogens (primary N) is 1. The van der Waals surface area contributed by atoms with E-state index in [-0.39, 0.29) is 5.82 Å². The second kappa shape index (κ2) is 4.97. The van der Waals surface area contributed by atoms with Gasteiger partial charge in [0.05, 0.1) is 21.8 Å². The quantitative estimate of drug-likeness (QED) is 0.785. The molecule has 3 rings (SSSR count). The minimum atomic E-state index is -0.342. The average Bonchev–Trinajstić information content (AvgIpc) is 2.78. The van der Waals surface area contributed by atoms with E-state index in [0.29, 0.717) is 22.2 Å². The summed E-state index contributed by atoms with van der Waals surface area (Å²) in [4.78, 5) is 13.6. The maximum atomic E-state index is 13.8. The SMILES string of the molecule is Cc1nc(N)sc1-c1ccnc(-c2ccccc2F)n1. The third kappa shape index (κ3) is 2.25. The van der Waals surface area contributed by atoms with Gasteiger partial charge in [0.25, 0.3) is 0 Å². The monoisotopic (exact) mass is 286 g/mol. The maximum Gasteiger partial charge on any atom is 0.180 e. The minimum Gasteiger partial charge on any atom is -0.375 e. The Balaban J connectivity index is 2.11. The van der Waals surface area contributed by atoms with E-state index in [1.54, 1.807) is 30.5 Å². The van der Waals surface area contributed by atoms with Gasteiger partial charge in [0.15, 0.2) is 11.0 Å². The summed E-state index contributed by atoms with van der Waals surface area (Å²) in [6.45, 7) is 1.87. The predicted molar refractivity (Wildman–Crippen MR) is 77.7 cm³/mol. The summed E-state index contributed by atoms with van der Waals surface area (Å²) in [7, 11) is 0. The smallest absolute Gasteiger partial charge is 0.180 e. The molecule has 0 fully saturated rings. The number of halogens is 1. The third-order valence-corrected chi connectivity index (χ3v) is 3.83. The first-order chi connectivity index (χ1) is 9.65. The zero-order chi connectivity index (χ0) is 14.1. The van der Waals surface area contributed by atoms with Crippen molar-refractivity contribution in [3.63, 3.8) is 0 Å². The Morgan fingerprint density at radius 1 is 1.15 bits per heavy atom. The molecule has 0 unspecified atom stereocenters. The van der Waals surface area contributed by atoms with Gasteiger partial charge in [0, 0.05) is 6.20 Å². The van der Waals surface area contributed by atoms with Gasteiger partial charge in [-0.25, -0.2) is 19.3 Å². The maximum absolute atomic E-state index is 13.8. The Kier molecular flexibility index (Phi) is 3.15. The molecule has 0 aliphatic carbocycles. The number of nitrogens with zero attached hydrogens (tertiary/aromatic N) is 3. The number of thiazole rings is 1. The number of hydrogen-bond donors (Lipinski definition) is 1. The molecule has 0 aliphatic heterocycles. The Hall–Kier alpha value is -2.34. The van der Waals surface area contributed by atoms with Crippen LogP contribution in [0, 0.1) is 12.7 Å². The molecule has 100 valence electrons. The van der Waals surface area contributed by atoms with Gasteiger partial charge in [0.2, 0.25) is 0 Å². The summed E-state index contributed by atoms with van der Waals surface area (Å²) in [6.07, 6.45) is 1.61. The number of aryl methyl sites for hydroxylation is 1. The number of benzene rings is 1. The minimum absolute atomic E-state index is 0.342. The van der Waals surface area contributed by atoms with Crippen molar-refractivity contribution < 1.29 is 4.39 Å². The standard InChI is InChI=1S/C14H11FN4S/c1-8-12(20-14(16)18-8)11-6-7-17-13(19-11)9-4-2-3-5-10(9)15/h2-7H,1H3,(H2,16,18). The van der Waals surface area contributed by atoms with Crippen LogP contribution in [0.3, 0.4) is 0 Å². The number of anilines is 1. The highest BCUT2D eigenvalue weighted by molar-refractivity contribution is 7.18. The van der Waals surface area contributed by atoms with Crippen LogP contribution in [0.4, 0.5) is 9.52 Å². The molecule has 1 aromatic carbocycles. The molecule has 0 atom stereocenters. The van der Waals surface area contributed by atoms with E-state index in [9.17, 15) is 4.39 Å².